The van der Waals surface area contributed by atoms with Crippen molar-refractivity contribution in [2.45, 2.75) is 113 Å². The smallest absolute Gasteiger partial charge is 0.246 e. The van der Waals surface area contributed by atoms with E-state index >= 15 is 0 Å². The van der Waals surface area contributed by atoms with Crippen LogP contribution in [-0.4, -0.2) is 154 Å². The second kappa shape index (κ2) is 30.2. The third-order valence-corrected chi connectivity index (χ3v) is 14.2. The average molecular weight is 1070 g/mol. The second-order valence-electron chi connectivity index (χ2n) is 17.5. The summed E-state index contributed by atoms with van der Waals surface area (Å²) in [5.74, 6) is -4.64. The molecule has 8 atom stereocenters. The maximum Gasteiger partial charge on any atom is 0.246 e. The van der Waals surface area contributed by atoms with Crippen LogP contribution in [0.15, 0.2) is 54.6 Å². The minimum Gasteiger partial charge on any atom is -0.508 e. The number of hydrazine groups is 1. The van der Waals surface area contributed by atoms with E-state index in [1.807, 2.05) is 5.43 Å². The van der Waals surface area contributed by atoms with Gasteiger partial charge in [-0.1, -0.05) is 64.1 Å². The molecule has 2 heterocycles. The maximum absolute atomic E-state index is 14.6. The van der Waals surface area contributed by atoms with Gasteiger partial charge in [0.05, 0.1) is 19.0 Å². The monoisotopic (exact) mass is 1070 g/mol. The molecule has 0 bridgehead atoms. The number of benzene rings is 2. The number of aromatic hydroxyl groups is 1. The second-order valence-corrected chi connectivity index (χ2v) is 20.1. The van der Waals surface area contributed by atoms with E-state index in [0.29, 0.717) is 36.9 Å². The summed E-state index contributed by atoms with van der Waals surface area (Å²) in [5.41, 5.74) is 25.7. The molecule has 404 valence electrons. The van der Waals surface area contributed by atoms with Crippen molar-refractivity contribution in [2.75, 3.05) is 31.1 Å². The van der Waals surface area contributed by atoms with Gasteiger partial charge in [0.2, 0.25) is 65.0 Å². The first kappa shape index (κ1) is 59.6. The maximum atomic E-state index is 14.6. The highest BCUT2D eigenvalue weighted by Crippen LogP contribution is 2.26. The Morgan fingerprint density at radius 3 is 1.93 bits per heavy atom. The van der Waals surface area contributed by atoms with E-state index in [2.05, 4.69) is 37.2 Å². The van der Waals surface area contributed by atoms with Crippen LogP contribution in [-0.2, 0) is 65.6 Å². The summed E-state index contributed by atoms with van der Waals surface area (Å²) in [7, 11) is 2.02. The predicted molar refractivity (Wildman–Crippen MR) is 272 cm³/mol. The van der Waals surface area contributed by atoms with Gasteiger partial charge >= 0.3 is 0 Å². The van der Waals surface area contributed by atoms with Gasteiger partial charge in [0.15, 0.2) is 0 Å². The lowest BCUT2D eigenvalue weighted by Crippen LogP contribution is -2.61. The SMILES string of the molecule is NCCCC[C@H](NC(=O)C1CCCN1C(=O)[C@@H]1CSSC[C@H](N)C(=O)N[C@@H](Cc2ccc(O)cc2)C(=O)N[C@H](Cc2ccccc2)C(=O)N[C@@H](CCC(=O)NN)C(=O)N[C@@H](CC(N)=O)C(=O)N1)C(=O)NCC(N)=O. The summed E-state index contributed by atoms with van der Waals surface area (Å²) >= 11 is 0. The number of nitrogens with one attached hydrogen (secondary N) is 8. The van der Waals surface area contributed by atoms with Crippen LogP contribution in [0.3, 0.4) is 0 Å². The van der Waals surface area contributed by atoms with E-state index in [0.717, 1.165) is 21.6 Å². The van der Waals surface area contributed by atoms with Gasteiger partial charge in [-0.2, -0.15) is 0 Å². The lowest BCUT2D eigenvalue weighted by molar-refractivity contribution is -0.142. The molecule has 4 rings (SSSR count). The average Bonchev–Trinajstić information content (AvgIpc) is 3.87. The molecule has 0 radical (unpaired) electrons. The highest BCUT2D eigenvalue weighted by Gasteiger charge is 2.40. The van der Waals surface area contributed by atoms with Crippen LogP contribution in [0.4, 0.5) is 0 Å². The zero-order valence-electron chi connectivity index (χ0n) is 40.5. The van der Waals surface area contributed by atoms with Crippen molar-refractivity contribution < 1.29 is 57.8 Å². The van der Waals surface area contributed by atoms with Crippen molar-refractivity contribution in [1.82, 2.24) is 47.5 Å². The quantitative estimate of drug-likeness (QED) is 0.0206. The summed E-state index contributed by atoms with van der Waals surface area (Å²) < 4.78 is 0. The van der Waals surface area contributed by atoms with Gasteiger partial charge < -0.3 is 70.2 Å². The molecule has 74 heavy (non-hydrogen) atoms. The molecule has 2 aliphatic heterocycles. The van der Waals surface area contributed by atoms with E-state index < -0.39 is 139 Å². The normalized spacial score (nSPS) is 22.8. The first-order valence-electron chi connectivity index (χ1n) is 23.8. The number of carbonyl (C=O) groups is 11. The lowest BCUT2D eigenvalue weighted by atomic mass is 10.0. The number of rotatable bonds is 19. The van der Waals surface area contributed by atoms with Crippen LogP contribution < -0.4 is 71.4 Å². The number of likely N-dealkylation sites (tertiary alicyclic amines) is 1. The minimum atomic E-state index is -1.79. The van der Waals surface area contributed by atoms with Crippen LogP contribution in [0.25, 0.3) is 0 Å². The Labute approximate surface area is 434 Å². The van der Waals surface area contributed by atoms with Gasteiger partial charge in [0, 0.05) is 37.3 Å². The van der Waals surface area contributed by atoms with Crippen LogP contribution in [0.1, 0.15) is 62.5 Å². The Hall–Kier alpha value is -7.01. The number of phenolic OH excluding ortho intramolecular Hbond substituents is 1. The Kier molecular flexibility index (Phi) is 24.3. The molecule has 28 heteroatoms. The van der Waals surface area contributed by atoms with Gasteiger partial charge in [-0.05, 0) is 68.3 Å². The van der Waals surface area contributed by atoms with E-state index in [9.17, 15) is 57.8 Å². The number of unbranched alkanes of at least 4 members (excludes halogenated alkanes) is 1. The third-order valence-electron chi connectivity index (χ3n) is 11.8. The number of carbonyl (C=O) groups excluding carboxylic acids is 11. The number of hydrogen-bond acceptors (Lipinski definition) is 17. The molecular formula is C46H66N14O12S2. The Bertz CT molecular complexity index is 2320. The Balaban J connectivity index is 1.72. The lowest BCUT2D eigenvalue weighted by Gasteiger charge is -2.31. The van der Waals surface area contributed by atoms with Crippen molar-refractivity contribution in [3.05, 3.63) is 65.7 Å². The van der Waals surface area contributed by atoms with Crippen molar-refractivity contribution in [3.63, 3.8) is 0 Å². The van der Waals surface area contributed by atoms with Crippen LogP contribution in [0, 0.1) is 0 Å². The highest BCUT2D eigenvalue weighted by molar-refractivity contribution is 8.76. The Morgan fingerprint density at radius 1 is 0.730 bits per heavy atom. The summed E-state index contributed by atoms with van der Waals surface area (Å²) in [6, 6.07) is 3.02. The fraction of sp³-hybridized carbons (Fsp3) is 0.500. The number of primary amides is 2. The van der Waals surface area contributed by atoms with Gasteiger partial charge in [-0.3, -0.25) is 58.2 Å². The molecule has 2 aliphatic rings. The molecule has 0 aliphatic carbocycles. The van der Waals surface area contributed by atoms with Crippen LogP contribution in [0.2, 0.25) is 0 Å². The molecule has 2 aromatic rings. The van der Waals surface area contributed by atoms with Gasteiger partial charge in [-0.15, -0.1) is 0 Å². The molecule has 2 saturated heterocycles. The number of amides is 11. The zero-order valence-corrected chi connectivity index (χ0v) is 42.1. The minimum absolute atomic E-state index is 0.0290. The fourth-order valence-electron chi connectivity index (χ4n) is 7.85. The summed E-state index contributed by atoms with van der Waals surface area (Å²) in [6.45, 7) is -0.154. The standard InChI is InChI=1S/C46H66N14O12S2/c47-17-5-4-9-29(40(66)52-22-37(50)63)54-45(71)35-10-6-18-60(35)46(72)34-24-74-73-23-28(48)39(65)55-31(20-26-11-13-27(61)14-12-26)43(69)56-32(19-25-7-2-1-3-8-25)42(68)53-30(15-16-38(64)59-51)41(67)57-33(21-36(49)62)44(70)58-34/h1-3,7-8,11-14,28-35,61H,4-6,9-10,15-24,47-48,51H2,(H2,49,62)(H2,50,63)(H,52,66)(H,53,68)(H,54,71)(H,55,65)(H,56,69)(H,57,67)(H,58,70)(H,59,64)/t28-,29-,30-,31-,32+,33-,34-,35?/m0/s1. The van der Waals surface area contributed by atoms with E-state index in [1.165, 1.54) is 29.2 Å². The van der Waals surface area contributed by atoms with Crippen molar-refractivity contribution in [1.29, 1.82) is 0 Å². The molecule has 0 saturated carbocycles. The molecular weight excluding hydrogens is 1000 g/mol. The molecule has 2 fully saturated rings. The van der Waals surface area contributed by atoms with Crippen molar-refractivity contribution in [2.24, 2.45) is 28.8 Å². The molecule has 19 N–H and O–H groups in total. The van der Waals surface area contributed by atoms with E-state index in [1.54, 1.807) is 30.3 Å². The zero-order chi connectivity index (χ0) is 54.3. The van der Waals surface area contributed by atoms with Gasteiger partial charge in [0.1, 0.15) is 48.0 Å². The number of phenols is 1. The van der Waals surface area contributed by atoms with E-state index in [4.69, 9.17) is 28.8 Å². The first-order valence-corrected chi connectivity index (χ1v) is 26.3. The van der Waals surface area contributed by atoms with Crippen molar-refractivity contribution >= 4 is 86.6 Å². The number of nitrogens with zero attached hydrogens (tertiary/aromatic N) is 1. The number of nitrogens with two attached hydrogens (primary N) is 5. The molecule has 26 nitrogen and oxygen atoms in total. The molecule has 1 unspecified atom stereocenters. The molecule has 0 spiro atoms. The summed E-state index contributed by atoms with van der Waals surface area (Å²) in [5, 5.41) is 27.8. The topological polar surface area (TPSA) is 438 Å². The molecule has 2 aromatic carbocycles. The summed E-state index contributed by atoms with van der Waals surface area (Å²) in [6.07, 6.45) is -0.412. The van der Waals surface area contributed by atoms with E-state index in [-0.39, 0.29) is 49.5 Å². The van der Waals surface area contributed by atoms with Crippen molar-refractivity contribution in [3.8, 4) is 5.75 Å². The molecule has 11 amide bonds. The summed E-state index contributed by atoms with van der Waals surface area (Å²) in [4.78, 5) is 150. The first-order chi connectivity index (χ1) is 35.3. The van der Waals surface area contributed by atoms with Crippen LogP contribution in [0.5, 0.6) is 5.75 Å². The largest absolute Gasteiger partial charge is 0.508 e. The Morgan fingerprint density at radius 2 is 1.31 bits per heavy atom. The van der Waals surface area contributed by atoms with Gasteiger partial charge in [-0.25, -0.2) is 5.84 Å². The third kappa shape index (κ3) is 19.4. The fourth-order valence-corrected chi connectivity index (χ4v) is 10.1. The number of hydrogen-bond donors (Lipinski definition) is 14. The van der Waals surface area contributed by atoms with Crippen LogP contribution >= 0.6 is 21.6 Å². The molecule has 0 aromatic heterocycles. The predicted octanol–water partition coefficient (Wildman–Crippen LogP) is -4.82. The highest BCUT2D eigenvalue weighted by atomic mass is 33.1. The van der Waals surface area contributed by atoms with Gasteiger partial charge in [0.25, 0.3) is 0 Å².